The maximum Gasteiger partial charge on any atom is 0.289 e. The van der Waals surface area contributed by atoms with Crippen LogP contribution in [0.4, 0.5) is 0 Å². The molecule has 2 aliphatic rings. The number of piperazine rings is 2. The number of aryl methyl sites for hydroxylation is 1. The van der Waals surface area contributed by atoms with E-state index in [1.807, 2.05) is 26.1 Å². The smallest absolute Gasteiger partial charge is 0.289 e. The third-order valence-electron chi connectivity index (χ3n) is 5.75. The van der Waals surface area contributed by atoms with Gasteiger partial charge >= 0.3 is 0 Å². The van der Waals surface area contributed by atoms with Crippen LogP contribution in [0, 0.1) is 6.92 Å². The van der Waals surface area contributed by atoms with Crippen molar-refractivity contribution >= 4 is 38.7 Å². The summed E-state index contributed by atoms with van der Waals surface area (Å²) in [5.41, 5.74) is 1.26. The summed E-state index contributed by atoms with van der Waals surface area (Å²) in [6, 6.07) is 5.42. The van der Waals surface area contributed by atoms with Crippen LogP contribution in [0.25, 0.3) is 11.0 Å². The molecule has 29 heavy (non-hydrogen) atoms. The monoisotopic (exact) mass is 440 g/mol. The number of fused-ring (bicyclic) bond motifs is 1. The normalized spacial score (nSPS) is 20.4. The maximum absolute atomic E-state index is 13.0. The number of amides is 1. The van der Waals surface area contributed by atoms with E-state index in [-0.39, 0.29) is 24.8 Å². The van der Waals surface area contributed by atoms with Gasteiger partial charge in [0.1, 0.15) is 0 Å². The lowest BCUT2D eigenvalue weighted by Crippen LogP contribution is -2.57. The fourth-order valence-corrected chi connectivity index (χ4v) is 5.65. The molecular formula is C19H25ClN4O4S. The van der Waals surface area contributed by atoms with Gasteiger partial charge in [0, 0.05) is 63.3 Å². The summed E-state index contributed by atoms with van der Waals surface area (Å²) in [7, 11) is -1.51. The zero-order chi connectivity index (χ0) is 20.8. The van der Waals surface area contributed by atoms with E-state index in [4.69, 9.17) is 16.0 Å². The Kier molecular flexibility index (Phi) is 5.60. The van der Waals surface area contributed by atoms with Crippen LogP contribution in [0.2, 0.25) is 5.02 Å². The molecule has 0 N–H and O–H groups in total. The highest BCUT2D eigenvalue weighted by molar-refractivity contribution is 7.86. The van der Waals surface area contributed by atoms with Crippen molar-refractivity contribution in [2.75, 3.05) is 59.4 Å². The molecule has 2 saturated heterocycles. The van der Waals surface area contributed by atoms with Gasteiger partial charge in [-0.1, -0.05) is 23.7 Å². The number of carbonyl (C=O) groups is 1. The van der Waals surface area contributed by atoms with E-state index in [1.54, 1.807) is 11.0 Å². The first kappa shape index (κ1) is 20.6. The van der Waals surface area contributed by atoms with Crippen molar-refractivity contribution in [2.24, 2.45) is 0 Å². The molecule has 1 aromatic heterocycles. The zero-order valence-electron chi connectivity index (χ0n) is 16.6. The third-order valence-corrected chi connectivity index (χ3v) is 8.08. The van der Waals surface area contributed by atoms with Crippen LogP contribution in [0.3, 0.4) is 0 Å². The quantitative estimate of drug-likeness (QED) is 0.725. The minimum atomic E-state index is -3.50. The Bertz CT molecular complexity index is 1020. The Hall–Kier alpha value is -1.65. The van der Waals surface area contributed by atoms with Crippen molar-refractivity contribution in [3.8, 4) is 0 Å². The molecule has 2 aromatic rings. The number of halogens is 1. The molecular weight excluding hydrogens is 416 g/mol. The lowest BCUT2D eigenvalue weighted by Gasteiger charge is -2.38. The summed E-state index contributed by atoms with van der Waals surface area (Å²) in [5.74, 6) is 0.0369. The summed E-state index contributed by atoms with van der Waals surface area (Å²) < 4.78 is 34.6. The van der Waals surface area contributed by atoms with Crippen molar-refractivity contribution in [3.63, 3.8) is 0 Å². The Balaban J connectivity index is 1.45. The molecule has 4 rings (SSSR count). The summed E-state index contributed by atoms with van der Waals surface area (Å²) in [4.78, 5) is 16.8. The fourth-order valence-electron chi connectivity index (χ4n) is 3.86. The first-order valence-corrected chi connectivity index (χ1v) is 11.5. The number of furan rings is 1. The first-order chi connectivity index (χ1) is 13.8. The Morgan fingerprint density at radius 2 is 1.59 bits per heavy atom. The van der Waals surface area contributed by atoms with Gasteiger partial charge in [0.05, 0.1) is 5.02 Å². The Morgan fingerprint density at radius 1 is 1.00 bits per heavy atom. The number of hydrogen-bond acceptors (Lipinski definition) is 5. The SMILES string of the molecule is Cc1c(C(=O)N2CCN(S(=O)(=O)N3CCN(C)CC3)CC2)oc2c(Cl)cccc12. The molecule has 0 radical (unpaired) electrons. The van der Waals surface area contributed by atoms with E-state index in [2.05, 4.69) is 4.90 Å². The van der Waals surface area contributed by atoms with Crippen molar-refractivity contribution in [3.05, 3.63) is 34.5 Å². The average Bonchev–Trinajstić information content (AvgIpc) is 3.06. The minimum Gasteiger partial charge on any atom is -0.449 e. The number of rotatable bonds is 3. The lowest BCUT2D eigenvalue weighted by molar-refractivity contribution is 0.0662. The number of para-hydroxylation sites is 1. The molecule has 8 nitrogen and oxygen atoms in total. The predicted octanol–water partition coefficient (Wildman–Crippen LogP) is 1.64. The summed E-state index contributed by atoms with van der Waals surface area (Å²) in [6.07, 6.45) is 0. The molecule has 158 valence electrons. The standard InChI is InChI=1S/C19H25ClN4O4S/c1-14-15-4-3-5-16(20)18(15)28-17(14)19(25)22-8-12-24(13-9-22)29(26,27)23-10-6-21(2)7-11-23/h3-5H,6-13H2,1-2H3. The Morgan fingerprint density at radius 3 is 2.17 bits per heavy atom. The summed E-state index contributed by atoms with van der Waals surface area (Å²) >= 11 is 6.19. The highest BCUT2D eigenvalue weighted by atomic mass is 35.5. The van der Waals surface area contributed by atoms with Crippen molar-refractivity contribution in [1.29, 1.82) is 0 Å². The molecule has 2 aliphatic heterocycles. The number of benzene rings is 1. The van der Waals surface area contributed by atoms with E-state index in [0.29, 0.717) is 36.8 Å². The molecule has 0 unspecified atom stereocenters. The fraction of sp³-hybridized carbons (Fsp3) is 0.526. The highest BCUT2D eigenvalue weighted by Crippen LogP contribution is 2.31. The number of nitrogens with zero attached hydrogens (tertiary/aromatic N) is 4. The first-order valence-electron chi connectivity index (χ1n) is 9.69. The molecule has 1 aromatic carbocycles. The zero-order valence-corrected chi connectivity index (χ0v) is 18.2. The largest absolute Gasteiger partial charge is 0.449 e. The van der Waals surface area contributed by atoms with Crippen LogP contribution in [0.15, 0.2) is 22.6 Å². The number of likely N-dealkylation sites (N-methyl/N-ethyl adjacent to an activating group) is 1. The van der Waals surface area contributed by atoms with Crippen LogP contribution in [-0.4, -0.2) is 92.1 Å². The molecule has 2 fully saturated rings. The minimum absolute atomic E-state index is 0.230. The molecule has 0 atom stereocenters. The van der Waals surface area contributed by atoms with Gasteiger partial charge in [0.25, 0.3) is 16.1 Å². The van der Waals surface area contributed by atoms with Crippen LogP contribution in [-0.2, 0) is 10.2 Å². The van der Waals surface area contributed by atoms with E-state index < -0.39 is 10.2 Å². The van der Waals surface area contributed by atoms with Crippen LogP contribution in [0.1, 0.15) is 16.1 Å². The highest BCUT2D eigenvalue weighted by Gasteiger charge is 2.35. The summed E-state index contributed by atoms with van der Waals surface area (Å²) in [6.45, 7) is 5.50. The number of hydrogen-bond donors (Lipinski definition) is 0. The predicted molar refractivity (Wildman–Crippen MR) is 111 cm³/mol. The van der Waals surface area contributed by atoms with E-state index >= 15 is 0 Å². The molecule has 10 heteroatoms. The van der Waals surface area contributed by atoms with Crippen molar-refractivity contribution < 1.29 is 17.6 Å². The van der Waals surface area contributed by atoms with Crippen LogP contribution in [0.5, 0.6) is 0 Å². The van der Waals surface area contributed by atoms with Gasteiger partial charge in [-0.25, -0.2) is 0 Å². The van der Waals surface area contributed by atoms with Crippen LogP contribution < -0.4 is 0 Å². The van der Waals surface area contributed by atoms with Gasteiger partial charge < -0.3 is 14.2 Å². The molecule has 0 spiro atoms. The van der Waals surface area contributed by atoms with Crippen molar-refractivity contribution in [2.45, 2.75) is 6.92 Å². The number of carbonyl (C=O) groups excluding carboxylic acids is 1. The second-order valence-electron chi connectivity index (χ2n) is 7.57. The topological polar surface area (TPSA) is 77.3 Å². The molecule has 0 bridgehead atoms. The van der Waals surface area contributed by atoms with Gasteiger partial charge in [-0.15, -0.1) is 0 Å². The average molecular weight is 441 g/mol. The molecule has 0 saturated carbocycles. The molecule has 1 amide bonds. The molecule has 0 aliphatic carbocycles. The second kappa shape index (κ2) is 7.88. The van der Waals surface area contributed by atoms with Gasteiger partial charge in [-0.05, 0) is 20.0 Å². The van der Waals surface area contributed by atoms with Crippen molar-refractivity contribution in [1.82, 2.24) is 18.4 Å². The second-order valence-corrected chi connectivity index (χ2v) is 9.91. The van der Waals surface area contributed by atoms with E-state index in [9.17, 15) is 13.2 Å². The van der Waals surface area contributed by atoms with E-state index in [1.165, 1.54) is 8.61 Å². The van der Waals surface area contributed by atoms with E-state index in [0.717, 1.165) is 24.0 Å². The van der Waals surface area contributed by atoms with Gasteiger partial charge in [0.15, 0.2) is 11.3 Å². The Labute approximate surface area is 175 Å². The van der Waals surface area contributed by atoms with Crippen LogP contribution >= 0.6 is 11.6 Å². The summed E-state index contributed by atoms with van der Waals surface area (Å²) in [5, 5.41) is 1.28. The maximum atomic E-state index is 13.0. The third kappa shape index (κ3) is 3.77. The molecule has 3 heterocycles. The van der Waals surface area contributed by atoms with Gasteiger partial charge in [0.2, 0.25) is 0 Å². The lowest BCUT2D eigenvalue weighted by atomic mass is 10.1. The van der Waals surface area contributed by atoms with Gasteiger partial charge in [-0.3, -0.25) is 4.79 Å². The van der Waals surface area contributed by atoms with Gasteiger partial charge in [-0.2, -0.15) is 17.0 Å².